The second-order valence-electron chi connectivity index (χ2n) is 3.60. The second kappa shape index (κ2) is 4.33. The number of thioether (sulfide) groups is 1. The van der Waals surface area contributed by atoms with Crippen molar-refractivity contribution in [1.29, 1.82) is 0 Å². The van der Waals surface area contributed by atoms with Crippen LogP contribution >= 0.6 is 11.8 Å². The lowest BCUT2D eigenvalue weighted by Crippen LogP contribution is -2.41. The third-order valence-corrected chi connectivity index (χ3v) is 3.86. The summed E-state index contributed by atoms with van der Waals surface area (Å²) in [5.41, 5.74) is 0. The second-order valence-corrected chi connectivity index (χ2v) is 4.75. The zero-order valence-electron chi connectivity index (χ0n) is 7.79. The predicted octanol–water partition coefficient (Wildman–Crippen LogP) is 0.314. The minimum atomic E-state index is 0.345. The Labute approximate surface area is 83.2 Å². The van der Waals surface area contributed by atoms with Gasteiger partial charge < -0.3 is 10.2 Å². The minimum Gasteiger partial charge on any atom is -0.338 e. The van der Waals surface area contributed by atoms with Gasteiger partial charge in [0.1, 0.15) is 0 Å². The Morgan fingerprint density at radius 3 is 3.15 bits per heavy atom. The topological polar surface area (TPSA) is 32.3 Å². The van der Waals surface area contributed by atoms with Gasteiger partial charge in [-0.05, 0) is 12.2 Å². The molecule has 0 saturated carbocycles. The molecule has 0 aromatic heterocycles. The lowest BCUT2D eigenvalue weighted by atomic mass is 10.2. The lowest BCUT2D eigenvalue weighted by Gasteiger charge is -2.26. The first-order valence-electron chi connectivity index (χ1n) is 4.96. The van der Waals surface area contributed by atoms with Crippen molar-refractivity contribution >= 4 is 17.7 Å². The smallest absolute Gasteiger partial charge is 0.224 e. The summed E-state index contributed by atoms with van der Waals surface area (Å²) in [4.78, 5) is 13.8. The summed E-state index contributed by atoms with van der Waals surface area (Å²) >= 11 is 1.97. The van der Waals surface area contributed by atoms with Crippen LogP contribution in [0.5, 0.6) is 0 Å². The lowest BCUT2D eigenvalue weighted by molar-refractivity contribution is -0.132. The molecule has 1 amide bonds. The minimum absolute atomic E-state index is 0.345. The van der Waals surface area contributed by atoms with Gasteiger partial charge in [-0.3, -0.25) is 4.79 Å². The van der Waals surface area contributed by atoms with Gasteiger partial charge in [-0.25, -0.2) is 0 Å². The average Bonchev–Trinajstić information content (AvgIpc) is 2.56. The normalized spacial score (nSPS) is 30.6. The van der Waals surface area contributed by atoms with Crippen molar-refractivity contribution in [2.24, 2.45) is 0 Å². The molecule has 1 atom stereocenters. The molecule has 74 valence electrons. The summed E-state index contributed by atoms with van der Waals surface area (Å²) < 4.78 is 0. The predicted molar refractivity (Wildman–Crippen MR) is 54.9 cm³/mol. The Balaban J connectivity index is 1.97. The van der Waals surface area contributed by atoms with Gasteiger partial charge in [0.2, 0.25) is 5.91 Å². The van der Waals surface area contributed by atoms with E-state index >= 15 is 0 Å². The summed E-state index contributed by atoms with van der Waals surface area (Å²) in [6, 6.07) is 0.525. The molecule has 0 aromatic carbocycles. The standard InChI is InChI=1S/C9H16N2OS/c12-9-1-3-10-4-5-11(9)8-2-6-13-7-8/h8,10H,1-7H2. The third kappa shape index (κ3) is 2.17. The molecule has 13 heavy (non-hydrogen) atoms. The van der Waals surface area contributed by atoms with Gasteiger partial charge in [-0.1, -0.05) is 0 Å². The first-order chi connectivity index (χ1) is 6.38. The van der Waals surface area contributed by atoms with Gasteiger partial charge in [0, 0.05) is 37.8 Å². The zero-order chi connectivity index (χ0) is 9.10. The quantitative estimate of drug-likeness (QED) is 0.661. The molecular formula is C9H16N2OS. The maximum atomic E-state index is 11.7. The summed E-state index contributed by atoms with van der Waals surface area (Å²) in [5, 5.41) is 3.26. The van der Waals surface area contributed by atoms with E-state index in [1.165, 1.54) is 12.2 Å². The van der Waals surface area contributed by atoms with E-state index in [4.69, 9.17) is 0 Å². The van der Waals surface area contributed by atoms with Gasteiger partial charge in [-0.15, -0.1) is 0 Å². The Kier molecular flexibility index (Phi) is 3.11. The number of carbonyl (C=O) groups is 1. The van der Waals surface area contributed by atoms with Crippen molar-refractivity contribution < 1.29 is 4.79 Å². The fourth-order valence-corrected chi connectivity index (χ4v) is 3.17. The van der Waals surface area contributed by atoms with E-state index < -0.39 is 0 Å². The van der Waals surface area contributed by atoms with Gasteiger partial charge >= 0.3 is 0 Å². The molecule has 0 spiro atoms. The summed E-state index contributed by atoms with van der Waals surface area (Å²) in [5.74, 6) is 2.71. The number of hydrogen-bond acceptors (Lipinski definition) is 3. The van der Waals surface area contributed by atoms with Crippen LogP contribution in [-0.2, 0) is 4.79 Å². The molecule has 1 unspecified atom stereocenters. The Hall–Kier alpha value is -0.220. The number of amides is 1. The van der Waals surface area contributed by atoms with E-state index in [-0.39, 0.29) is 0 Å². The molecule has 1 N–H and O–H groups in total. The molecule has 2 rings (SSSR count). The van der Waals surface area contributed by atoms with Crippen molar-refractivity contribution in [2.75, 3.05) is 31.1 Å². The fraction of sp³-hybridized carbons (Fsp3) is 0.889. The first kappa shape index (κ1) is 9.34. The van der Waals surface area contributed by atoms with Gasteiger partial charge in [-0.2, -0.15) is 11.8 Å². The number of nitrogens with one attached hydrogen (secondary N) is 1. The molecule has 2 aliphatic rings. The molecule has 0 aliphatic carbocycles. The zero-order valence-corrected chi connectivity index (χ0v) is 8.61. The molecule has 2 heterocycles. The molecule has 3 nitrogen and oxygen atoms in total. The van der Waals surface area contributed by atoms with Crippen molar-refractivity contribution in [3.63, 3.8) is 0 Å². The van der Waals surface area contributed by atoms with Crippen molar-refractivity contribution in [3.05, 3.63) is 0 Å². The SMILES string of the molecule is O=C1CCNCCN1C1CCSC1. The van der Waals surface area contributed by atoms with E-state index in [0.29, 0.717) is 18.4 Å². The van der Waals surface area contributed by atoms with E-state index in [2.05, 4.69) is 10.2 Å². The van der Waals surface area contributed by atoms with Crippen molar-refractivity contribution in [3.8, 4) is 0 Å². The largest absolute Gasteiger partial charge is 0.338 e. The molecule has 4 heteroatoms. The molecule has 2 aliphatic heterocycles. The maximum absolute atomic E-state index is 11.7. The molecule has 0 aromatic rings. The maximum Gasteiger partial charge on any atom is 0.224 e. The van der Waals surface area contributed by atoms with Crippen LogP contribution < -0.4 is 5.32 Å². The van der Waals surface area contributed by atoms with Crippen LogP contribution in [0.15, 0.2) is 0 Å². The van der Waals surface area contributed by atoms with E-state index in [1.807, 2.05) is 11.8 Å². The molecule has 2 saturated heterocycles. The number of rotatable bonds is 1. The van der Waals surface area contributed by atoms with Crippen LogP contribution in [0.1, 0.15) is 12.8 Å². The summed E-state index contributed by atoms with van der Waals surface area (Å²) in [7, 11) is 0. The van der Waals surface area contributed by atoms with Crippen molar-refractivity contribution in [1.82, 2.24) is 10.2 Å². The highest BCUT2D eigenvalue weighted by atomic mass is 32.2. The van der Waals surface area contributed by atoms with E-state index in [0.717, 1.165) is 25.4 Å². The first-order valence-corrected chi connectivity index (χ1v) is 6.11. The van der Waals surface area contributed by atoms with Crippen LogP contribution in [0.3, 0.4) is 0 Å². The fourth-order valence-electron chi connectivity index (χ4n) is 1.94. The van der Waals surface area contributed by atoms with Gasteiger partial charge in [0.25, 0.3) is 0 Å². The molecule has 2 fully saturated rings. The van der Waals surface area contributed by atoms with Crippen LogP contribution in [0, 0.1) is 0 Å². The summed E-state index contributed by atoms with van der Waals surface area (Å²) in [6.07, 6.45) is 1.87. The molecule has 0 bridgehead atoms. The van der Waals surface area contributed by atoms with Crippen LogP contribution in [0.2, 0.25) is 0 Å². The highest BCUT2D eigenvalue weighted by Gasteiger charge is 2.27. The number of nitrogens with zero attached hydrogens (tertiary/aromatic N) is 1. The molecular weight excluding hydrogens is 184 g/mol. The van der Waals surface area contributed by atoms with Crippen LogP contribution in [-0.4, -0.2) is 48.0 Å². The monoisotopic (exact) mass is 200 g/mol. The van der Waals surface area contributed by atoms with Gasteiger partial charge in [0.05, 0.1) is 0 Å². The van der Waals surface area contributed by atoms with Crippen LogP contribution in [0.25, 0.3) is 0 Å². The highest BCUT2D eigenvalue weighted by Crippen LogP contribution is 2.22. The Morgan fingerprint density at radius 1 is 1.46 bits per heavy atom. The molecule has 0 radical (unpaired) electrons. The van der Waals surface area contributed by atoms with Gasteiger partial charge in [0.15, 0.2) is 0 Å². The Morgan fingerprint density at radius 2 is 2.38 bits per heavy atom. The highest BCUT2D eigenvalue weighted by molar-refractivity contribution is 7.99. The average molecular weight is 200 g/mol. The van der Waals surface area contributed by atoms with Crippen LogP contribution in [0.4, 0.5) is 0 Å². The number of carbonyl (C=O) groups excluding carboxylic acids is 1. The summed E-state index contributed by atoms with van der Waals surface area (Å²) in [6.45, 7) is 2.73. The van der Waals surface area contributed by atoms with Crippen molar-refractivity contribution in [2.45, 2.75) is 18.9 Å². The number of hydrogen-bond donors (Lipinski definition) is 1. The van der Waals surface area contributed by atoms with E-state index in [9.17, 15) is 4.79 Å². The van der Waals surface area contributed by atoms with E-state index in [1.54, 1.807) is 0 Å². The Bertz CT molecular complexity index is 192. The third-order valence-electron chi connectivity index (χ3n) is 2.71.